The molecule has 0 fully saturated rings. The fraction of sp³-hybridized carbons (Fsp3) is 0.227. The summed E-state index contributed by atoms with van der Waals surface area (Å²) in [5.74, 6) is 0.0738. The van der Waals surface area contributed by atoms with Gasteiger partial charge in [0, 0.05) is 17.3 Å². The molecule has 6 nitrogen and oxygen atoms in total. The van der Waals surface area contributed by atoms with Crippen molar-refractivity contribution in [3.63, 3.8) is 0 Å². The zero-order valence-corrected chi connectivity index (χ0v) is 15.8. The largest absolute Gasteiger partial charge is 0.354 e. The number of nitrogens with one attached hydrogen (secondary N) is 2. The molecule has 0 radical (unpaired) electrons. The topological polar surface area (TPSA) is 79.8 Å². The van der Waals surface area contributed by atoms with Gasteiger partial charge in [0.2, 0.25) is 5.91 Å². The van der Waals surface area contributed by atoms with Gasteiger partial charge in [-0.25, -0.2) is 5.10 Å². The molecule has 4 rings (SSSR count). The van der Waals surface area contributed by atoms with Crippen molar-refractivity contribution in [3.8, 4) is 0 Å². The normalized spacial score (nSPS) is 13.5. The van der Waals surface area contributed by atoms with Gasteiger partial charge in [-0.1, -0.05) is 55.5 Å². The van der Waals surface area contributed by atoms with Crippen LogP contribution in [0, 0.1) is 0 Å². The minimum atomic E-state index is -0.533. The van der Waals surface area contributed by atoms with Gasteiger partial charge in [-0.15, -0.1) is 0 Å². The second kappa shape index (κ2) is 7.31. The van der Waals surface area contributed by atoms with E-state index in [-0.39, 0.29) is 17.4 Å². The molecule has 6 heteroatoms. The van der Waals surface area contributed by atoms with Gasteiger partial charge in [-0.2, -0.15) is 5.10 Å². The van der Waals surface area contributed by atoms with Crippen molar-refractivity contribution in [3.05, 3.63) is 76.7 Å². The van der Waals surface area contributed by atoms with E-state index < -0.39 is 6.04 Å². The lowest BCUT2D eigenvalue weighted by Gasteiger charge is -2.18. The average Bonchev–Trinajstić information content (AvgIpc) is 3.07. The third-order valence-electron chi connectivity index (χ3n) is 5.24. The maximum atomic E-state index is 12.9. The fourth-order valence-corrected chi connectivity index (χ4v) is 3.68. The zero-order chi connectivity index (χ0) is 19.7. The quantitative estimate of drug-likeness (QED) is 0.562. The maximum absolute atomic E-state index is 12.9. The molecular formula is C22H22N4O2. The molecule has 2 heterocycles. The summed E-state index contributed by atoms with van der Waals surface area (Å²) >= 11 is 0. The number of hydrogen-bond donors (Lipinski definition) is 2. The van der Waals surface area contributed by atoms with Crippen LogP contribution < -0.4 is 10.9 Å². The van der Waals surface area contributed by atoms with Crippen molar-refractivity contribution < 1.29 is 4.79 Å². The molecule has 0 bridgehead atoms. The first-order chi connectivity index (χ1) is 13.6. The Labute approximate surface area is 162 Å². The van der Waals surface area contributed by atoms with Crippen molar-refractivity contribution in [2.45, 2.75) is 25.8 Å². The second-order valence-corrected chi connectivity index (χ2v) is 7.08. The van der Waals surface area contributed by atoms with Crippen molar-refractivity contribution in [2.24, 2.45) is 0 Å². The molecule has 0 saturated heterocycles. The van der Waals surface area contributed by atoms with E-state index in [1.165, 1.54) is 5.56 Å². The van der Waals surface area contributed by atoms with Crippen molar-refractivity contribution >= 4 is 27.7 Å². The van der Waals surface area contributed by atoms with Crippen LogP contribution >= 0.6 is 0 Å². The van der Waals surface area contributed by atoms with Crippen LogP contribution in [0.25, 0.3) is 21.8 Å². The van der Waals surface area contributed by atoms with Gasteiger partial charge in [0.05, 0.1) is 11.7 Å². The summed E-state index contributed by atoms with van der Waals surface area (Å²) < 4.78 is 1.80. The first-order valence-electron chi connectivity index (χ1n) is 9.37. The Hall–Kier alpha value is -3.41. The number of carbonyl (C=O) groups is 1. The van der Waals surface area contributed by atoms with Gasteiger partial charge in [0.1, 0.15) is 11.6 Å². The molecule has 0 unspecified atom stereocenters. The summed E-state index contributed by atoms with van der Waals surface area (Å²) in [5, 5.41) is 11.1. The standard InChI is InChI=1S/C22H22N4O2/c1-14(16-8-4-3-5-9-16)12-23-21(27)15(2)26-19-11-7-6-10-17(19)18-13-24-25-22(28)20(18)26/h3-11,13-15H,12H2,1-2H3,(H,23,27)(H,25,28)/t14-,15-/m0/s1. The number of aromatic nitrogens is 3. The van der Waals surface area contributed by atoms with Crippen LogP contribution in [0.15, 0.2) is 65.6 Å². The first-order valence-corrected chi connectivity index (χ1v) is 9.37. The van der Waals surface area contributed by atoms with E-state index in [9.17, 15) is 9.59 Å². The van der Waals surface area contributed by atoms with E-state index in [1.807, 2.05) is 49.4 Å². The van der Waals surface area contributed by atoms with Crippen LogP contribution in [-0.4, -0.2) is 27.2 Å². The third kappa shape index (κ3) is 3.07. The van der Waals surface area contributed by atoms with Crippen LogP contribution in [0.5, 0.6) is 0 Å². The smallest absolute Gasteiger partial charge is 0.288 e. The van der Waals surface area contributed by atoms with Gasteiger partial charge in [0.25, 0.3) is 5.56 Å². The summed E-state index contributed by atoms with van der Waals surface area (Å²) in [6.45, 7) is 4.42. The van der Waals surface area contributed by atoms with Crippen LogP contribution in [0.4, 0.5) is 0 Å². The number of H-pyrrole nitrogens is 1. The minimum absolute atomic E-state index is 0.123. The average molecular weight is 374 g/mol. The number of fused-ring (bicyclic) bond motifs is 3. The molecule has 4 aromatic rings. The fourth-order valence-electron chi connectivity index (χ4n) is 3.68. The van der Waals surface area contributed by atoms with E-state index >= 15 is 0 Å². The Balaban J connectivity index is 1.65. The van der Waals surface area contributed by atoms with Gasteiger partial charge < -0.3 is 9.88 Å². The van der Waals surface area contributed by atoms with Crippen molar-refractivity contribution in [1.82, 2.24) is 20.1 Å². The van der Waals surface area contributed by atoms with E-state index in [0.717, 1.165) is 16.3 Å². The monoisotopic (exact) mass is 374 g/mol. The van der Waals surface area contributed by atoms with Crippen LogP contribution in [0.1, 0.15) is 31.4 Å². The minimum Gasteiger partial charge on any atom is -0.354 e. The summed E-state index contributed by atoms with van der Waals surface area (Å²) in [5.41, 5.74) is 2.19. The maximum Gasteiger partial charge on any atom is 0.288 e. The van der Waals surface area contributed by atoms with Gasteiger partial charge in [0.15, 0.2) is 0 Å². The van der Waals surface area contributed by atoms with Crippen LogP contribution in [0.2, 0.25) is 0 Å². The molecule has 2 N–H and O–H groups in total. The molecule has 2 aromatic heterocycles. The predicted octanol–water partition coefficient (Wildman–Crippen LogP) is 3.36. The number of amides is 1. The van der Waals surface area contributed by atoms with E-state index in [0.29, 0.717) is 12.1 Å². The molecule has 0 aliphatic rings. The number of para-hydroxylation sites is 1. The third-order valence-corrected chi connectivity index (χ3v) is 5.24. The highest BCUT2D eigenvalue weighted by Crippen LogP contribution is 2.29. The Morgan fingerprint density at radius 3 is 2.57 bits per heavy atom. The van der Waals surface area contributed by atoms with Gasteiger partial charge >= 0.3 is 0 Å². The summed E-state index contributed by atoms with van der Waals surface area (Å²) in [7, 11) is 0. The highest BCUT2D eigenvalue weighted by Gasteiger charge is 2.22. The van der Waals surface area contributed by atoms with Crippen molar-refractivity contribution in [1.29, 1.82) is 0 Å². The molecule has 142 valence electrons. The highest BCUT2D eigenvalue weighted by molar-refractivity contribution is 6.08. The second-order valence-electron chi connectivity index (χ2n) is 7.08. The molecule has 0 spiro atoms. The number of hydrogen-bond acceptors (Lipinski definition) is 3. The lowest BCUT2D eigenvalue weighted by atomic mass is 10.0. The van der Waals surface area contributed by atoms with E-state index in [1.54, 1.807) is 10.8 Å². The van der Waals surface area contributed by atoms with E-state index in [4.69, 9.17) is 0 Å². The summed E-state index contributed by atoms with van der Waals surface area (Å²) in [4.78, 5) is 25.4. The zero-order valence-electron chi connectivity index (χ0n) is 15.8. The van der Waals surface area contributed by atoms with Gasteiger partial charge in [-0.3, -0.25) is 9.59 Å². The summed E-state index contributed by atoms with van der Waals surface area (Å²) in [6, 6.07) is 17.2. The molecular weight excluding hydrogens is 352 g/mol. The molecule has 28 heavy (non-hydrogen) atoms. The molecule has 2 atom stereocenters. The Kier molecular flexibility index (Phi) is 4.69. The Morgan fingerprint density at radius 2 is 1.79 bits per heavy atom. The predicted molar refractivity (Wildman–Crippen MR) is 110 cm³/mol. The highest BCUT2D eigenvalue weighted by atomic mass is 16.2. The Morgan fingerprint density at radius 1 is 1.07 bits per heavy atom. The molecule has 2 aromatic carbocycles. The number of aromatic amines is 1. The van der Waals surface area contributed by atoms with Crippen LogP contribution in [0.3, 0.4) is 0 Å². The first kappa shape index (κ1) is 18.0. The molecule has 0 aliphatic heterocycles. The number of benzene rings is 2. The molecule has 0 aliphatic carbocycles. The van der Waals surface area contributed by atoms with Crippen LogP contribution in [-0.2, 0) is 4.79 Å². The number of carbonyl (C=O) groups excluding carboxylic acids is 1. The molecule has 1 amide bonds. The SMILES string of the molecule is C[C@@H](CNC(=O)[C@H](C)n1c2ccccc2c2cn[nH]c(=O)c21)c1ccccc1. The number of rotatable bonds is 5. The number of nitrogens with zero attached hydrogens (tertiary/aromatic N) is 2. The summed E-state index contributed by atoms with van der Waals surface area (Å²) in [6.07, 6.45) is 1.64. The lowest BCUT2D eigenvalue weighted by Crippen LogP contribution is -2.34. The Bertz CT molecular complexity index is 1190. The van der Waals surface area contributed by atoms with Gasteiger partial charge in [-0.05, 0) is 24.5 Å². The molecule has 0 saturated carbocycles. The van der Waals surface area contributed by atoms with Crippen molar-refractivity contribution in [2.75, 3.05) is 6.54 Å². The lowest BCUT2D eigenvalue weighted by molar-refractivity contribution is -0.123. The van der Waals surface area contributed by atoms with E-state index in [2.05, 4.69) is 34.6 Å².